The largest absolute Gasteiger partial charge is 0.497 e. The van der Waals surface area contributed by atoms with E-state index in [1.165, 1.54) is 12.1 Å². The molecule has 0 saturated carbocycles. The van der Waals surface area contributed by atoms with E-state index < -0.39 is 4.92 Å². The molecule has 2 aromatic carbocycles. The summed E-state index contributed by atoms with van der Waals surface area (Å²) in [6, 6.07) is 12.1. The predicted octanol–water partition coefficient (Wildman–Crippen LogP) is 3.72. The zero-order valence-corrected chi connectivity index (χ0v) is 12.3. The van der Waals surface area contributed by atoms with Crippen LogP contribution in [0.4, 0.5) is 5.69 Å². The van der Waals surface area contributed by atoms with Gasteiger partial charge in [0.15, 0.2) is 5.82 Å². The lowest BCUT2D eigenvalue weighted by atomic mass is 10.2. The summed E-state index contributed by atoms with van der Waals surface area (Å²) in [5.74, 6) is 1.28. The van der Waals surface area contributed by atoms with E-state index in [9.17, 15) is 10.1 Å². The number of nitro groups is 1. The number of fused-ring (bicyclic) bond motifs is 1. The molecule has 0 spiro atoms. The minimum atomic E-state index is -0.436. The van der Waals surface area contributed by atoms with Crippen molar-refractivity contribution in [3.8, 4) is 5.75 Å². The van der Waals surface area contributed by atoms with Gasteiger partial charge in [0.2, 0.25) is 0 Å². The molecule has 1 heterocycles. The maximum atomic E-state index is 10.8. The first-order valence-corrected chi connectivity index (χ1v) is 6.89. The van der Waals surface area contributed by atoms with Gasteiger partial charge in [0.05, 0.1) is 17.5 Å². The maximum absolute atomic E-state index is 10.8. The molecule has 6 nitrogen and oxygen atoms in total. The smallest absolute Gasteiger partial charge is 0.271 e. The Bertz CT molecular complexity index is 889. The van der Waals surface area contributed by atoms with E-state index in [4.69, 9.17) is 4.74 Å². The Labute approximate surface area is 132 Å². The molecule has 1 aromatic heterocycles. The van der Waals surface area contributed by atoms with Gasteiger partial charge in [0, 0.05) is 23.7 Å². The fourth-order valence-electron chi connectivity index (χ4n) is 2.11. The summed E-state index contributed by atoms with van der Waals surface area (Å²) in [5.41, 5.74) is 1.54. The Kier molecular flexibility index (Phi) is 3.97. The Morgan fingerprint density at radius 1 is 1.13 bits per heavy atom. The van der Waals surface area contributed by atoms with E-state index in [0.29, 0.717) is 11.3 Å². The number of hydrogen-bond donors (Lipinski definition) is 0. The molecule has 0 N–H and O–H groups in total. The Balaban J connectivity index is 1.89. The second-order valence-electron chi connectivity index (χ2n) is 4.83. The Morgan fingerprint density at radius 2 is 1.91 bits per heavy atom. The second kappa shape index (κ2) is 6.23. The van der Waals surface area contributed by atoms with Gasteiger partial charge in [-0.25, -0.2) is 9.97 Å². The van der Waals surface area contributed by atoms with Gasteiger partial charge in [-0.1, -0.05) is 18.2 Å². The van der Waals surface area contributed by atoms with E-state index in [1.807, 2.05) is 30.3 Å². The SMILES string of the molecule is COc1ccc(/C=C/c2ncc3ccc([N+](=O)[O-])cc3n2)cc1. The summed E-state index contributed by atoms with van der Waals surface area (Å²) < 4.78 is 5.11. The normalized spacial score (nSPS) is 11.0. The highest BCUT2D eigenvalue weighted by atomic mass is 16.6. The molecule has 0 atom stereocenters. The van der Waals surface area contributed by atoms with Crippen molar-refractivity contribution in [2.75, 3.05) is 7.11 Å². The van der Waals surface area contributed by atoms with Crippen molar-refractivity contribution in [2.24, 2.45) is 0 Å². The lowest BCUT2D eigenvalue weighted by Gasteiger charge is -2.00. The quantitative estimate of drug-likeness (QED) is 0.542. The van der Waals surface area contributed by atoms with Gasteiger partial charge in [-0.05, 0) is 29.8 Å². The molecule has 0 aliphatic carbocycles. The number of non-ortho nitro benzene ring substituents is 1. The van der Waals surface area contributed by atoms with Crippen LogP contribution in [-0.2, 0) is 0 Å². The molecule has 0 aliphatic heterocycles. The first-order valence-electron chi connectivity index (χ1n) is 6.89. The van der Waals surface area contributed by atoms with Crippen LogP contribution < -0.4 is 4.74 Å². The molecule has 0 amide bonds. The molecule has 0 aliphatic rings. The summed E-state index contributed by atoms with van der Waals surface area (Å²) >= 11 is 0. The average molecular weight is 307 g/mol. The summed E-state index contributed by atoms with van der Waals surface area (Å²) in [5, 5.41) is 11.6. The van der Waals surface area contributed by atoms with Gasteiger partial charge >= 0.3 is 0 Å². The third-order valence-electron chi connectivity index (χ3n) is 3.34. The van der Waals surface area contributed by atoms with E-state index in [0.717, 1.165) is 16.7 Å². The molecular weight excluding hydrogens is 294 g/mol. The van der Waals surface area contributed by atoms with Crippen LogP contribution in [0.3, 0.4) is 0 Å². The van der Waals surface area contributed by atoms with Crippen molar-refractivity contribution in [1.82, 2.24) is 9.97 Å². The fraction of sp³-hybridized carbons (Fsp3) is 0.0588. The van der Waals surface area contributed by atoms with Crippen LogP contribution in [0.1, 0.15) is 11.4 Å². The van der Waals surface area contributed by atoms with E-state index in [1.54, 1.807) is 25.4 Å². The van der Waals surface area contributed by atoms with Crippen LogP contribution in [0, 0.1) is 10.1 Å². The van der Waals surface area contributed by atoms with Crippen LogP contribution in [0.2, 0.25) is 0 Å². The van der Waals surface area contributed by atoms with Crippen molar-refractivity contribution in [3.05, 3.63) is 70.2 Å². The van der Waals surface area contributed by atoms with Gasteiger partial charge in [0.25, 0.3) is 5.69 Å². The number of nitrogens with zero attached hydrogens (tertiary/aromatic N) is 3. The highest BCUT2D eigenvalue weighted by Gasteiger charge is 2.07. The molecule has 0 saturated heterocycles. The molecule has 0 bridgehead atoms. The van der Waals surface area contributed by atoms with Crippen molar-refractivity contribution in [1.29, 1.82) is 0 Å². The molecular formula is C17H13N3O3. The van der Waals surface area contributed by atoms with E-state index >= 15 is 0 Å². The number of rotatable bonds is 4. The van der Waals surface area contributed by atoms with E-state index in [2.05, 4.69) is 9.97 Å². The molecule has 3 aromatic rings. The first-order chi connectivity index (χ1) is 11.2. The Hall–Kier alpha value is -3.28. The van der Waals surface area contributed by atoms with Crippen molar-refractivity contribution in [2.45, 2.75) is 0 Å². The standard InChI is InChI=1S/C17H13N3O3/c1-23-15-7-2-12(3-8-15)4-9-17-18-11-13-5-6-14(20(21)22)10-16(13)19-17/h2-11H,1H3/b9-4+. The topological polar surface area (TPSA) is 78.2 Å². The number of ether oxygens (including phenoxy) is 1. The maximum Gasteiger partial charge on any atom is 0.271 e. The lowest BCUT2D eigenvalue weighted by molar-refractivity contribution is -0.384. The van der Waals surface area contributed by atoms with Crippen LogP contribution >= 0.6 is 0 Å². The lowest BCUT2D eigenvalue weighted by Crippen LogP contribution is -1.91. The molecule has 114 valence electrons. The van der Waals surface area contributed by atoms with Crippen LogP contribution in [0.15, 0.2) is 48.7 Å². The zero-order valence-electron chi connectivity index (χ0n) is 12.3. The summed E-state index contributed by atoms with van der Waals surface area (Å²) in [6.07, 6.45) is 5.29. The molecule has 3 rings (SSSR count). The Morgan fingerprint density at radius 3 is 2.61 bits per heavy atom. The third kappa shape index (κ3) is 3.32. The van der Waals surface area contributed by atoms with Crippen molar-refractivity contribution in [3.63, 3.8) is 0 Å². The summed E-state index contributed by atoms with van der Waals surface area (Å²) in [6.45, 7) is 0. The monoisotopic (exact) mass is 307 g/mol. The van der Waals surface area contributed by atoms with Gasteiger partial charge in [-0.3, -0.25) is 10.1 Å². The van der Waals surface area contributed by atoms with Gasteiger partial charge in [-0.2, -0.15) is 0 Å². The van der Waals surface area contributed by atoms with Crippen LogP contribution in [-0.4, -0.2) is 22.0 Å². The molecule has 23 heavy (non-hydrogen) atoms. The number of nitro benzene ring substituents is 1. The first kappa shape index (κ1) is 14.6. The fourth-order valence-corrected chi connectivity index (χ4v) is 2.11. The van der Waals surface area contributed by atoms with E-state index in [-0.39, 0.29) is 5.69 Å². The number of hydrogen-bond acceptors (Lipinski definition) is 5. The van der Waals surface area contributed by atoms with Gasteiger partial charge < -0.3 is 4.74 Å². The molecule has 0 fully saturated rings. The van der Waals surface area contributed by atoms with Crippen LogP contribution in [0.25, 0.3) is 23.1 Å². The van der Waals surface area contributed by atoms with Crippen molar-refractivity contribution >= 4 is 28.7 Å². The van der Waals surface area contributed by atoms with Crippen molar-refractivity contribution < 1.29 is 9.66 Å². The number of aromatic nitrogens is 2. The number of benzene rings is 2. The number of methoxy groups -OCH3 is 1. The highest BCUT2D eigenvalue weighted by molar-refractivity contribution is 5.81. The second-order valence-corrected chi connectivity index (χ2v) is 4.83. The minimum absolute atomic E-state index is 0.0151. The third-order valence-corrected chi connectivity index (χ3v) is 3.34. The summed E-state index contributed by atoms with van der Waals surface area (Å²) in [7, 11) is 1.62. The predicted molar refractivity (Wildman–Crippen MR) is 88.1 cm³/mol. The zero-order chi connectivity index (χ0) is 16.2. The minimum Gasteiger partial charge on any atom is -0.497 e. The molecule has 0 unspecified atom stereocenters. The highest BCUT2D eigenvalue weighted by Crippen LogP contribution is 2.19. The molecule has 6 heteroatoms. The van der Waals surface area contributed by atoms with Crippen LogP contribution in [0.5, 0.6) is 5.75 Å². The van der Waals surface area contributed by atoms with Gasteiger partial charge in [-0.15, -0.1) is 0 Å². The molecule has 0 radical (unpaired) electrons. The average Bonchev–Trinajstić information content (AvgIpc) is 2.59. The van der Waals surface area contributed by atoms with Gasteiger partial charge in [0.1, 0.15) is 5.75 Å². The summed E-state index contributed by atoms with van der Waals surface area (Å²) in [4.78, 5) is 19.0.